The Morgan fingerprint density at radius 1 is 1.24 bits per heavy atom. The first-order valence-electron chi connectivity index (χ1n) is 7.07. The molecule has 1 heterocycles. The molecular formula is C15H19F2NO3. The zero-order chi connectivity index (χ0) is 15.2. The largest absolute Gasteiger partial charge is 0.481 e. The van der Waals surface area contributed by atoms with Gasteiger partial charge in [0.2, 0.25) is 0 Å². The van der Waals surface area contributed by atoms with Crippen molar-refractivity contribution in [3.8, 4) is 5.75 Å². The number of benzene rings is 1. The van der Waals surface area contributed by atoms with E-state index in [-0.39, 0.29) is 12.2 Å². The summed E-state index contributed by atoms with van der Waals surface area (Å²) in [5.74, 6) is -0.887. The van der Waals surface area contributed by atoms with Gasteiger partial charge < -0.3 is 9.84 Å². The molecule has 1 aliphatic rings. The minimum atomic E-state index is -2.92. The maximum atomic E-state index is 12.5. The van der Waals surface area contributed by atoms with Gasteiger partial charge in [0.15, 0.2) is 0 Å². The van der Waals surface area contributed by atoms with Gasteiger partial charge in [-0.1, -0.05) is 24.6 Å². The lowest BCUT2D eigenvalue weighted by Crippen LogP contribution is -2.35. The van der Waals surface area contributed by atoms with Gasteiger partial charge in [0.1, 0.15) is 5.75 Å². The van der Waals surface area contributed by atoms with Gasteiger partial charge in [-0.25, -0.2) is 0 Å². The van der Waals surface area contributed by atoms with Crippen LogP contribution in [0.2, 0.25) is 0 Å². The molecule has 0 saturated carbocycles. The molecule has 1 aromatic carbocycles. The van der Waals surface area contributed by atoms with Crippen LogP contribution in [0.15, 0.2) is 24.3 Å². The minimum absolute atomic E-state index is 0.0596. The summed E-state index contributed by atoms with van der Waals surface area (Å²) >= 11 is 0. The molecule has 0 bridgehead atoms. The number of ether oxygens (including phenoxy) is 1. The summed E-state index contributed by atoms with van der Waals surface area (Å²) < 4.78 is 29.6. The third-order valence-electron chi connectivity index (χ3n) is 3.69. The number of likely N-dealkylation sites (tertiary alicyclic amines) is 1. The van der Waals surface area contributed by atoms with Crippen LogP contribution in [0.25, 0.3) is 0 Å². The van der Waals surface area contributed by atoms with Crippen molar-refractivity contribution < 1.29 is 23.4 Å². The summed E-state index contributed by atoms with van der Waals surface area (Å²) in [6.45, 7) is -1.36. The predicted molar refractivity (Wildman–Crippen MR) is 73.5 cm³/mol. The maximum Gasteiger partial charge on any atom is 0.387 e. The Bertz CT molecular complexity index is 476. The van der Waals surface area contributed by atoms with Gasteiger partial charge in [-0.2, -0.15) is 8.78 Å². The van der Waals surface area contributed by atoms with E-state index < -0.39 is 18.6 Å². The van der Waals surface area contributed by atoms with E-state index in [0.29, 0.717) is 5.56 Å². The fraction of sp³-hybridized carbons (Fsp3) is 0.533. The van der Waals surface area contributed by atoms with Crippen molar-refractivity contribution in [1.29, 1.82) is 0 Å². The Hall–Kier alpha value is -1.69. The first-order valence-corrected chi connectivity index (χ1v) is 7.07. The molecule has 2 rings (SSSR count). The van der Waals surface area contributed by atoms with Gasteiger partial charge in [0.25, 0.3) is 0 Å². The lowest BCUT2D eigenvalue weighted by atomic mass is 9.98. The first kappa shape index (κ1) is 15.7. The molecule has 1 aliphatic heterocycles. The molecule has 1 saturated heterocycles. The van der Waals surface area contributed by atoms with Crippen LogP contribution in [0.5, 0.6) is 5.75 Å². The quantitative estimate of drug-likeness (QED) is 0.875. The van der Waals surface area contributed by atoms with E-state index in [1.165, 1.54) is 6.07 Å². The highest BCUT2D eigenvalue weighted by Gasteiger charge is 2.27. The maximum absolute atomic E-state index is 12.5. The molecule has 4 nitrogen and oxygen atoms in total. The highest BCUT2D eigenvalue weighted by Crippen LogP contribution is 2.34. The van der Waals surface area contributed by atoms with Crippen molar-refractivity contribution in [3.63, 3.8) is 0 Å². The highest BCUT2D eigenvalue weighted by atomic mass is 19.3. The molecule has 0 amide bonds. The average Bonchev–Trinajstić information content (AvgIpc) is 2.46. The van der Waals surface area contributed by atoms with Gasteiger partial charge >= 0.3 is 12.6 Å². The Morgan fingerprint density at radius 3 is 2.52 bits per heavy atom. The standard InChI is InChI=1S/C15H19F2NO3/c16-15(17)21-13-7-3-2-6-11(13)12(10-14(19)20)18-8-4-1-5-9-18/h2-3,6-7,12,15H,1,4-5,8-10H2,(H,19,20). The average molecular weight is 299 g/mol. The first-order chi connectivity index (χ1) is 10.1. The van der Waals surface area contributed by atoms with E-state index >= 15 is 0 Å². The van der Waals surface area contributed by atoms with Crippen LogP contribution in [-0.4, -0.2) is 35.7 Å². The third kappa shape index (κ3) is 4.39. The number of alkyl halides is 2. The van der Waals surface area contributed by atoms with Crippen molar-refractivity contribution >= 4 is 5.97 Å². The van der Waals surface area contributed by atoms with Gasteiger partial charge in [-0.15, -0.1) is 0 Å². The Kier molecular flexibility index (Phi) is 5.50. The van der Waals surface area contributed by atoms with Crippen molar-refractivity contribution in [2.45, 2.75) is 38.3 Å². The number of halogens is 2. The van der Waals surface area contributed by atoms with Crippen molar-refractivity contribution in [1.82, 2.24) is 4.90 Å². The molecule has 21 heavy (non-hydrogen) atoms. The van der Waals surface area contributed by atoms with E-state index in [0.717, 1.165) is 32.4 Å². The van der Waals surface area contributed by atoms with Crippen LogP contribution in [0, 0.1) is 0 Å². The summed E-state index contributed by atoms with van der Waals surface area (Å²) in [5, 5.41) is 9.13. The molecule has 0 aliphatic carbocycles. The SMILES string of the molecule is O=C(O)CC(c1ccccc1OC(F)F)N1CCCCC1. The molecule has 116 valence electrons. The van der Waals surface area contributed by atoms with E-state index in [1.54, 1.807) is 18.2 Å². The number of piperidine rings is 1. The van der Waals surface area contributed by atoms with Gasteiger partial charge in [0.05, 0.1) is 6.42 Å². The summed E-state index contributed by atoms with van der Waals surface area (Å²) in [7, 11) is 0. The zero-order valence-corrected chi connectivity index (χ0v) is 11.7. The van der Waals surface area contributed by atoms with Crippen LogP contribution in [-0.2, 0) is 4.79 Å². The lowest BCUT2D eigenvalue weighted by Gasteiger charge is -2.34. The monoisotopic (exact) mass is 299 g/mol. The minimum Gasteiger partial charge on any atom is -0.481 e. The van der Waals surface area contributed by atoms with Gasteiger partial charge in [-0.3, -0.25) is 9.69 Å². The summed E-state index contributed by atoms with van der Waals surface area (Å²) in [5.41, 5.74) is 0.516. The van der Waals surface area contributed by atoms with E-state index in [1.807, 2.05) is 4.90 Å². The predicted octanol–water partition coefficient (Wildman–Crippen LogP) is 3.29. The van der Waals surface area contributed by atoms with Crippen LogP contribution in [0.3, 0.4) is 0 Å². The lowest BCUT2D eigenvalue weighted by molar-refractivity contribution is -0.138. The third-order valence-corrected chi connectivity index (χ3v) is 3.69. The van der Waals surface area contributed by atoms with E-state index in [2.05, 4.69) is 4.74 Å². The number of nitrogens with zero attached hydrogens (tertiary/aromatic N) is 1. The van der Waals surface area contributed by atoms with Crippen LogP contribution < -0.4 is 4.74 Å². The fourth-order valence-electron chi connectivity index (χ4n) is 2.79. The summed E-state index contributed by atoms with van der Waals surface area (Å²) in [6.07, 6.45) is 2.98. The van der Waals surface area contributed by atoms with Crippen LogP contribution >= 0.6 is 0 Å². The summed E-state index contributed by atoms with van der Waals surface area (Å²) in [4.78, 5) is 13.2. The molecule has 1 unspecified atom stereocenters. The highest BCUT2D eigenvalue weighted by molar-refractivity contribution is 5.68. The van der Waals surface area contributed by atoms with Crippen molar-refractivity contribution in [2.75, 3.05) is 13.1 Å². The van der Waals surface area contributed by atoms with Gasteiger partial charge in [0, 0.05) is 11.6 Å². The molecule has 6 heteroatoms. The Balaban J connectivity index is 2.28. The number of carboxylic acid groups (broad SMARTS) is 1. The fourth-order valence-corrected chi connectivity index (χ4v) is 2.79. The van der Waals surface area contributed by atoms with Crippen molar-refractivity contribution in [3.05, 3.63) is 29.8 Å². The Labute approximate surface area is 122 Å². The number of rotatable bonds is 6. The number of aliphatic carboxylic acids is 1. The molecular weight excluding hydrogens is 280 g/mol. The molecule has 0 radical (unpaired) electrons. The van der Waals surface area contributed by atoms with Crippen molar-refractivity contribution in [2.24, 2.45) is 0 Å². The molecule has 0 spiro atoms. The molecule has 1 atom stereocenters. The number of carbonyl (C=O) groups is 1. The van der Waals surface area contributed by atoms with Crippen LogP contribution in [0.4, 0.5) is 8.78 Å². The van der Waals surface area contributed by atoms with E-state index in [4.69, 9.17) is 5.11 Å². The molecule has 1 fully saturated rings. The normalized spacial score (nSPS) is 17.7. The second-order valence-electron chi connectivity index (χ2n) is 5.13. The second-order valence-corrected chi connectivity index (χ2v) is 5.13. The number of para-hydroxylation sites is 1. The zero-order valence-electron chi connectivity index (χ0n) is 11.7. The number of carboxylic acids is 1. The molecule has 0 aromatic heterocycles. The van der Waals surface area contributed by atoms with E-state index in [9.17, 15) is 13.6 Å². The molecule has 1 aromatic rings. The smallest absolute Gasteiger partial charge is 0.387 e. The van der Waals surface area contributed by atoms with Gasteiger partial charge in [-0.05, 0) is 32.0 Å². The van der Waals surface area contributed by atoms with Crippen LogP contribution in [0.1, 0.15) is 37.3 Å². The number of hydrogen-bond donors (Lipinski definition) is 1. The second kappa shape index (κ2) is 7.36. The summed E-state index contributed by atoms with van der Waals surface area (Å²) in [6, 6.07) is 6.01. The Morgan fingerprint density at radius 2 is 1.90 bits per heavy atom. The topological polar surface area (TPSA) is 49.8 Å². The molecule has 1 N–H and O–H groups in total. The number of hydrogen-bond acceptors (Lipinski definition) is 3.